The van der Waals surface area contributed by atoms with Crippen LogP contribution < -0.4 is 5.73 Å². The molecule has 1 aliphatic carbocycles. The van der Waals surface area contributed by atoms with Gasteiger partial charge in [-0.3, -0.25) is 0 Å². The lowest BCUT2D eigenvalue weighted by Crippen LogP contribution is -2.13. The van der Waals surface area contributed by atoms with Crippen molar-refractivity contribution in [1.29, 1.82) is 0 Å². The summed E-state index contributed by atoms with van der Waals surface area (Å²) < 4.78 is 2.45. The molecule has 0 saturated heterocycles. The molecular weight excluding hydrogens is 629 g/mol. The maximum absolute atomic E-state index is 6.71. The Balaban J connectivity index is 1.24. The molecule has 0 aliphatic heterocycles. The Morgan fingerprint density at radius 3 is 1.71 bits per heavy atom. The Bertz CT molecular complexity index is 2710. The Morgan fingerprint density at radius 2 is 1.02 bits per heavy atom. The van der Waals surface area contributed by atoms with E-state index < -0.39 is 0 Å². The van der Waals surface area contributed by atoms with Crippen molar-refractivity contribution in [2.45, 2.75) is 53.4 Å². The fraction of sp³-hybridized carbons (Fsp3) is 0.160. The van der Waals surface area contributed by atoms with Crippen molar-refractivity contribution in [3.63, 3.8) is 0 Å². The van der Waals surface area contributed by atoms with Gasteiger partial charge in [-0.05, 0) is 149 Å². The molecule has 2 nitrogen and oxygen atoms in total. The zero-order valence-electron chi connectivity index (χ0n) is 30.9. The molecule has 254 valence electrons. The minimum absolute atomic E-state index is 0.344. The number of nitrogen functional groups attached to an aromatic ring is 1. The van der Waals surface area contributed by atoms with E-state index in [1.807, 2.05) is 0 Å². The molecule has 0 amide bonds. The summed E-state index contributed by atoms with van der Waals surface area (Å²) in [6.45, 7) is 13.5. The van der Waals surface area contributed by atoms with Gasteiger partial charge in [0.2, 0.25) is 0 Å². The molecule has 9 rings (SSSR count). The summed E-state index contributed by atoms with van der Waals surface area (Å²) in [5.74, 6) is 0.689. The van der Waals surface area contributed by atoms with Crippen LogP contribution in [0.2, 0.25) is 0 Å². The molecule has 0 spiro atoms. The lowest BCUT2D eigenvalue weighted by Gasteiger charge is -2.32. The summed E-state index contributed by atoms with van der Waals surface area (Å²) in [5, 5.41) is 2.60. The predicted molar refractivity (Wildman–Crippen MR) is 223 cm³/mol. The highest BCUT2D eigenvalue weighted by atomic mass is 15.0. The van der Waals surface area contributed by atoms with Gasteiger partial charge in [0.05, 0.1) is 11.0 Å². The zero-order chi connectivity index (χ0) is 35.8. The van der Waals surface area contributed by atoms with Crippen molar-refractivity contribution in [1.82, 2.24) is 4.57 Å². The van der Waals surface area contributed by atoms with E-state index in [9.17, 15) is 0 Å². The van der Waals surface area contributed by atoms with Crippen LogP contribution in [0, 0.1) is 27.7 Å². The first-order chi connectivity index (χ1) is 25.2. The number of anilines is 1. The fourth-order valence-electron chi connectivity index (χ4n) is 8.67. The van der Waals surface area contributed by atoms with E-state index in [4.69, 9.17) is 5.73 Å². The molecule has 2 N–H and O–H groups in total. The van der Waals surface area contributed by atoms with Crippen molar-refractivity contribution >= 4 is 27.5 Å². The van der Waals surface area contributed by atoms with Crippen LogP contribution >= 0.6 is 0 Å². The van der Waals surface area contributed by atoms with Crippen molar-refractivity contribution in [3.8, 4) is 50.2 Å². The molecule has 8 aromatic rings. The number of benzene rings is 7. The van der Waals surface area contributed by atoms with Gasteiger partial charge in [0.1, 0.15) is 0 Å². The Morgan fingerprint density at radius 1 is 0.442 bits per heavy atom. The van der Waals surface area contributed by atoms with Crippen molar-refractivity contribution < 1.29 is 0 Å². The van der Waals surface area contributed by atoms with E-state index in [-0.39, 0.29) is 0 Å². The highest BCUT2D eigenvalue weighted by Gasteiger charge is 2.30. The predicted octanol–water partition coefficient (Wildman–Crippen LogP) is 13.5. The third-order valence-electron chi connectivity index (χ3n) is 11.8. The smallest absolute Gasteiger partial charge is 0.0547 e. The summed E-state index contributed by atoms with van der Waals surface area (Å²) >= 11 is 0. The molecule has 0 fully saturated rings. The van der Waals surface area contributed by atoms with Gasteiger partial charge in [0.25, 0.3) is 0 Å². The molecule has 0 radical (unpaired) electrons. The third-order valence-corrected chi connectivity index (χ3v) is 11.8. The minimum Gasteiger partial charge on any atom is -0.398 e. The van der Waals surface area contributed by atoms with Gasteiger partial charge in [-0.1, -0.05) is 110 Å². The number of fused-ring (bicyclic) bond motifs is 6. The van der Waals surface area contributed by atoms with Gasteiger partial charge in [0.15, 0.2) is 0 Å². The first-order valence-electron chi connectivity index (χ1n) is 18.5. The number of nitrogens with zero attached hydrogens (tertiary/aromatic N) is 1. The van der Waals surface area contributed by atoms with Gasteiger partial charge in [-0.25, -0.2) is 0 Å². The lowest BCUT2D eigenvalue weighted by molar-refractivity contribution is 0.617. The minimum atomic E-state index is 0.344. The summed E-state index contributed by atoms with van der Waals surface area (Å²) in [6, 6.07) is 49.8. The van der Waals surface area contributed by atoms with Crippen LogP contribution in [0.25, 0.3) is 72.0 Å². The van der Waals surface area contributed by atoms with Gasteiger partial charge >= 0.3 is 0 Å². The Labute approximate surface area is 307 Å². The zero-order valence-corrected chi connectivity index (χ0v) is 30.9. The number of hydrogen-bond acceptors (Lipinski definition) is 1. The van der Waals surface area contributed by atoms with Crippen molar-refractivity contribution in [2.75, 3.05) is 5.73 Å². The lowest BCUT2D eigenvalue weighted by atomic mass is 9.72. The van der Waals surface area contributed by atoms with Crippen LogP contribution in [-0.2, 0) is 0 Å². The molecule has 2 atom stereocenters. The van der Waals surface area contributed by atoms with E-state index in [1.54, 1.807) is 0 Å². The van der Waals surface area contributed by atoms with Crippen molar-refractivity contribution in [2.24, 2.45) is 0 Å². The van der Waals surface area contributed by atoms with Gasteiger partial charge < -0.3 is 10.3 Å². The first-order valence-corrected chi connectivity index (χ1v) is 18.5. The topological polar surface area (TPSA) is 30.9 Å². The first kappa shape index (κ1) is 32.1. The van der Waals surface area contributed by atoms with Crippen molar-refractivity contribution in [3.05, 3.63) is 167 Å². The monoisotopic (exact) mass is 672 g/mol. The number of nitrogens with two attached hydrogens (primary N) is 1. The average Bonchev–Trinajstić information content (AvgIpc) is 3.48. The molecule has 1 heterocycles. The molecule has 52 heavy (non-hydrogen) atoms. The van der Waals surface area contributed by atoms with Crippen LogP contribution in [0.3, 0.4) is 0 Å². The maximum atomic E-state index is 6.71. The fourth-order valence-corrected chi connectivity index (χ4v) is 8.67. The molecule has 7 aromatic carbocycles. The Hall–Kier alpha value is -5.86. The van der Waals surface area contributed by atoms with Crippen LogP contribution in [0.1, 0.15) is 59.1 Å². The summed E-state index contributed by atoms with van der Waals surface area (Å²) in [6.07, 6.45) is 0. The van der Waals surface area contributed by atoms with Crippen LogP contribution in [0.5, 0.6) is 0 Å². The second-order valence-corrected chi connectivity index (χ2v) is 15.2. The number of aromatic nitrogens is 1. The van der Waals surface area contributed by atoms with Crippen LogP contribution in [0.15, 0.2) is 133 Å². The average molecular weight is 673 g/mol. The van der Waals surface area contributed by atoms with Gasteiger partial charge in [-0.2, -0.15) is 0 Å². The van der Waals surface area contributed by atoms with E-state index in [1.165, 1.54) is 99.8 Å². The normalized spacial score (nSPS) is 15.2. The maximum Gasteiger partial charge on any atom is 0.0547 e. The molecule has 0 saturated carbocycles. The van der Waals surface area contributed by atoms with Gasteiger partial charge in [0, 0.05) is 27.7 Å². The molecular formula is C50H44N2. The highest BCUT2D eigenvalue weighted by molar-refractivity contribution is 6.12. The number of para-hydroxylation sites is 1. The SMILES string of the molecule is Cc1ccc(C)c(-c2ccc(N)c(-c3ccc4c(c3)C(C)C(C)c3cc5c6cc(-c7cc(C)ccc7C)ccc6n(-c6ccccc6)c5cc3-4)c2)c1. The van der Waals surface area contributed by atoms with Crippen LogP contribution in [0.4, 0.5) is 5.69 Å². The summed E-state index contributed by atoms with van der Waals surface area (Å²) in [7, 11) is 0. The third kappa shape index (κ3) is 5.08. The molecule has 2 heteroatoms. The quantitative estimate of drug-likeness (QED) is 0.185. The molecule has 0 bridgehead atoms. The van der Waals surface area contributed by atoms with Crippen LogP contribution in [-0.4, -0.2) is 4.57 Å². The summed E-state index contributed by atoms with van der Waals surface area (Å²) in [5.41, 5.74) is 29.0. The largest absolute Gasteiger partial charge is 0.398 e. The standard InChI is InChI=1S/C50H44N2/c1-29-12-14-31(3)40(22-29)35-17-20-48(51)44(25-35)37-16-19-39-42(24-37)33(5)34(6)43-27-47-46-26-36(41-23-30(2)13-15-32(41)4)18-21-49(46)52(50(47)28-45(39)43)38-10-8-7-9-11-38/h7-28,33-34H,51H2,1-6H3. The molecule has 1 aliphatic rings. The van der Waals surface area contributed by atoms with Gasteiger partial charge in [-0.15, -0.1) is 0 Å². The Kier molecular flexibility index (Phi) is 7.48. The van der Waals surface area contributed by atoms with E-state index >= 15 is 0 Å². The molecule has 1 aromatic heterocycles. The number of hydrogen-bond donors (Lipinski definition) is 1. The summed E-state index contributed by atoms with van der Waals surface area (Å²) in [4.78, 5) is 0. The second kappa shape index (κ2) is 12.1. The number of aryl methyl sites for hydroxylation is 4. The second-order valence-electron chi connectivity index (χ2n) is 15.2. The highest BCUT2D eigenvalue weighted by Crippen LogP contribution is 2.50. The van der Waals surface area contributed by atoms with E-state index in [0.717, 1.165) is 11.3 Å². The number of rotatable bonds is 4. The van der Waals surface area contributed by atoms with E-state index in [2.05, 4.69) is 180 Å². The molecule has 2 unspecified atom stereocenters. The van der Waals surface area contributed by atoms with E-state index in [0.29, 0.717) is 11.8 Å².